The highest BCUT2D eigenvalue weighted by atomic mass is 16.1. The summed E-state index contributed by atoms with van der Waals surface area (Å²) in [4.78, 5) is 13.9. The lowest BCUT2D eigenvalue weighted by Gasteiger charge is -1.96. The number of hydrogen-bond acceptors (Lipinski definition) is 3. The summed E-state index contributed by atoms with van der Waals surface area (Å²) in [5.41, 5.74) is 1.73. The first-order valence-corrected chi connectivity index (χ1v) is 5.22. The molecule has 5 heteroatoms. The lowest BCUT2D eigenvalue weighted by Crippen LogP contribution is -2.08. The van der Waals surface area contributed by atoms with Crippen LogP contribution in [0.25, 0.3) is 22.3 Å². The Balaban J connectivity index is 2.35. The van der Waals surface area contributed by atoms with Crippen molar-refractivity contribution in [3.05, 3.63) is 47.0 Å². The fourth-order valence-corrected chi connectivity index (χ4v) is 1.96. The molecular formula is C12H10N4O. The van der Waals surface area contributed by atoms with Gasteiger partial charge in [0.1, 0.15) is 6.20 Å². The van der Waals surface area contributed by atoms with Gasteiger partial charge < -0.3 is 9.55 Å². The summed E-state index contributed by atoms with van der Waals surface area (Å²) in [6.07, 6.45) is 3.10. The quantitative estimate of drug-likeness (QED) is 0.680. The van der Waals surface area contributed by atoms with Crippen molar-refractivity contribution in [2.24, 2.45) is 7.05 Å². The number of nitrogens with zero attached hydrogens (tertiary/aromatic N) is 3. The highest BCUT2D eigenvalue weighted by molar-refractivity contribution is 5.94. The predicted octanol–water partition coefficient (Wildman–Crippen LogP) is 1.32. The van der Waals surface area contributed by atoms with Crippen molar-refractivity contribution in [3.63, 3.8) is 0 Å². The number of benzene rings is 1. The third-order valence-corrected chi connectivity index (χ3v) is 2.73. The smallest absolute Gasteiger partial charge is 0.269 e. The van der Waals surface area contributed by atoms with Crippen LogP contribution in [0.1, 0.15) is 0 Å². The molecule has 0 radical (unpaired) electrons. The van der Waals surface area contributed by atoms with Crippen LogP contribution < -0.4 is 5.56 Å². The number of H-pyrrole nitrogens is 1. The molecule has 1 aromatic carbocycles. The average molecular weight is 226 g/mol. The third-order valence-electron chi connectivity index (χ3n) is 2.73. The zero-order chi connectivity index (χ0) is 11.8. The van der Waals surface area contributed by atoms with Crippen LogP contribution in [0.3, 0.4) is 0 Å². The Labute approximate surface area is 96.7 Å². The van der Waals surface area contributed by atoms with E-state index in [-0.39, 0.29) is 5.56 Å². The van der Waals surface area contributed by atoms with Gasteiger partial charge in [-0.2, -0.15) is 5.10 Å². The second-order valence-electron chi connectivity index (χ2n) is 3.85. The Bertz CT molecular complexity index is 741. The standard InChI is InChI=1S/C12H10N4O/c1-16-7-9(8-4-2-3-5-10(8)16)12-14-11(17)6-13-15-12/h2-7H,1H3,(H,14,15,17). The van der Waals surface area contributed by atoms with Gasteiger partial charge in [0.05, 0.1) is 0 Å². The summed E-state index contributed by atoms with van der Waals surface area (Å²) < 4.78 is 2.00. The third kappa shape index (κ3) is 1.52. The molecule has 0 bridgehead atoms. The molecule has 3 aromatic rings. The molecule has 0 spiro atoms. The minimum absolute atomic E-state index is 0.247. The second kappa shape index (κ2) is 3.55. The van der Waals surface area contributed by atoms with Crippen molar-refractivity contribution in [3.8, 4) is 11.4 Å². The van der Waals surface area contributed by atoms with E-state index in [1.54, 1.807) is 0 Å². The van der Waals surface area contributed by atoms with E-state index in [9.17, 15) is 4.79 Å². The molecule has 3 rings (SSSR count). The number of aromatic nitrogens is 4. The first kappa shape index (κ1) is 9.77. The van der Waals surface area contributed by atoms with E-state index in [4.69, 9.17) is 0 Å². The minimum atomic E-state index is -0.247. The Morgan fingerprint density at radius 3 is 2.94 bits per heavy atom. The second-order valence-corrected chi connectivity index (χ2v) is 3.85. The number of nitrogens with one attached hydrogen (secondary N) is 1. The highest BCUT2D eigenvalue weighted by Gasteiger charge is 2.09. The molecule has 0 amide bonds. The zero-order valence-corrected chi connectivity index (χ0v) is 9.21. The van der Waals surface area contributed by atoms with E-state index in [0.29, 0.717) is 5.82 Å². The Morgan fingerprint density at radius 2 is 2.12 bits per heavy atom. The van der Waals surface area contributed by atoms with Crippen molar-refractivity contribution in [1.82, 2.24) is 19.7 Å². The van der Waals surface area contributed by atoms with Crippen LogP contribution in [-0.2, 0) is 7.05 Å². The fourth-order valence-electron chi connectivity index (χ4n) is 1.96. The Morgan fingerprint density at radius 1 is 1.29 bits per heavy atom. The molecular weight excluding hydrogens is 216 g/mol. The first-order valence-electron chi connectivity index (χ1n) is 5.22. The summed E-state index contributed by atoms with van der Waals surface area (Å²) in [5.74, 6) is 0.495. The molecule has 0 unspecified atom stereocenters. The van der Waals surface area contributed by atoms with E-state index in [0.717, 1.165) is 22.7 Å². The molecule has 0 atom stereocenters. The van der Waals surface area contributed by atoms with Crippen LogP contribution in [0.15, 0.2) is 41.5 Å². The van der Waals surface area contributed by atoms with Crippen molar-refractivity contribution >= 4 is 10.9 Å². The first-order chi connectivity index (χ1) is 8.25. The summed E-state index contributed by atoms with van der Waals surface area (Å²) in [7, 11) is 1.96. The molecule has 84 valence electrons. The lowest BCUT2D eigenvalue weighted by atomic mass is 10.2. The van der Waals surface area contributed by atoms with Crippen LogP contribution in [-0.4, -0.2) is 19.7 Å². The number of rotatable bonds is 1. The van der Waals surface area contributed by atoms with Gasteiger partial charge in [0.2, 0.25) is 0 Å². The van der Waals surface area contributed by atoms with Crippen LogP contribution in [0, 0.1) is 0 Å². The van der Waals surface area contributed by atoms with Gasteiger partial charge in [0.15, 0.2) is 5.82 Å². The summed E-state index contributed by atoms with van der Waals surface area (Å²) in [6.45, 7) is 0. The van der Waals surface area contributed by atoms with Gasteiger partial charge in [-0.25, -0.2) is 0 Å². The fraction of sp³-hybridized carbons (Fsp3) is 0.0833. The predicted molar refractivity (Wildman–Crippen MR) is 64.6 cm³/mol. The SMILES string of the molecule is Cn1cc(-c2nncc(=O)[nH]2)c2ccccc21. The number of hydrogen-bond donors (Lipinski definition) is 1. The van der Waals surface area contributed by atoms with Crippen molar-refractivity contribution in [2.45, 2.75) is 0 Å². The van der Waals surface area contributed by atoms with Gasteiger partial charge in [0.25, 0.3) is 5.56 Å². The number of para-hydroxylation sites is 1. The maximum Gasteiger partial charge on any atom is 0.269 e. The topological polar surface area (TPSA) is 63.6 Å². The summed E-state index contributed by atoms with van der Waals surface area (Å²) in [5, 5.41) is 8.68. The van der Waals surface area contributed by atoms with E-state index < -0.39 is 0 Å². The van der Waals surface area contributed by atoms with Gasteiger partial charge in [0, 0.05) is 29.7 Å². The molecule has 2 aromatic heterocycles. The van der Waals surface area contributed by atoms with Crippen molar-refractivity contribution in [2.75, 3.05) is 0 Å². The van der Waals surface area contributed by atoms with Gasteiger partial charge in [-0.15, -0.1) is 5.10 Å². The van der Waals surface area contributed by atoms with Crippen LogP contribution in [0.2, 0.25) is 0 Å². The molecule has 0 saturated carbocycles. The average Bonchev–Trinajstić information content (AvgIpc) is 2.68. The molecule has 1 N–H and O–H groups in total. The minimum Gasteiger partial charge on any atom is -0.350 e. The van der Waals surface area contributed by atoms with Crippen LogP contribution in [0.5, 0.6) is 0 Å². The summed E-state index contributed by atoms with van der Waals surface area (Å²) >= 11 is 0. The molecule has 5 nitrogen and oxygen atoms in total. The lowest BCUT2D eigenvalue weighted by molar-refractivity contribution is 0.943. The molecule has 17 heavy (non-hydrogen) atoms. The molecule has 2 heterocycles. The Hall–Kier alpha value is -2.43. The highest BCUT2D eigenvalue weighted by Crippen LogP contribution is 2.26. The molecule has 0 saturated heterocycles. The largest absolute Gasteiger partial charge is 0.350 e. The molecule has 0 fully saturated rings. The number of aryl methyl sites for hydroxylation is 1. The van der Waals surface area contributed by atoms with Crippen LogP contribution in [0.4, 0.5) is 0 Å². The van der Waals surface area contributed by atoms with Gasteiger partial charge in [-0.3, -0.25) is 4.79 Å². The normalized spacial score (nSPS) is 10.9. The van der Waals surface area contributed by atoms with E-state index in [1.807, 2.05) is 42.1 Å². The van der Waals surface area contributed by atoms with Crippen molar-refractivity contribution in [1.29, 1.82) is 0 Å². The molecule has 0 aliphatic heterocycles. The zero-order valence-electron chi connectivity index (χ0n) is 9.21. The van der Waals surface area contributed by atoms with E-state index in [2.05, 4.69) is 15.2 Å². The van der Waals surface area contributed by atoms with Gasteiger partial charge in [-0.1, -0.05) is 18.2 Å². The monoisotopic (exact) mass is 226 g/mol. The van der Waals surface area contributed by atoms with E-state index >= 15 is 0 Å². The van der Waals surface area contributed by atoms with E-state index in [1.165, 1.54) is 0 Å². The number of aromatic amines is 1. The maximum absolute atomic E-state index is 11.2. The Kier molecular flexibility index (Phi) is 2.04. The maximum atomic E-state index is 11.2. The van der Waals surface area contributed by atoms with Crippen LogP contribution >= 0.6 is 0 Å². The van der Waals surface area contributed by atoms with Crippen molar-refractivity contribution < 1.29 is 0 Å². The molecule has 0 aliphatic carbocycles. The van der Waals surface area contributed by atoms with Gasteiger partial charge >= 0.3 is 0 Å². The summed E-state index contributed by atoms with van der Waals surface area (Å²) in [6, 6.07) is 7.96. The number of fused-ring (bicyclic) bond motifs is 1. The van der Waals surface area contributed by atoms with Gasteiger partial charge in [-0.05, 0) is 6.07 Å². The molecule has 0 aliphatic rings.